The zero-order chi connectivity index (χ0) is 8.55. The summed E-state index contributed by atoms with van der Waals surface area (Å²) in [6.07, 6.45) is 2.44. The summed E-state index contributed by atoms with van der Waals surface area (Å²) in [5, 5.41) is 1.86. The Balaban J connectivity index is 2.22. The summed E-state index contributed by atoms with van der Waals surface area (Å²) in [5.41, 5.74) is 6.44. The average Bonchev–Trinajstić information content (AvgIpc) is 2.64. The van der Waals surface area contributed by atoms with E-state index in [2.05, 4.69) is 4.37 Å². The number of carbonyl (C=O) groups excluding carboxylic acids is 1. The van der Waals surface area contributed by atoms with Crippen molar-refractivity contribution in [2.75, 3.05) is 11.4 Å². The number of nitrogens with two attached hydrogens (primary N) is 1. The van der Waals surface area contributed by atoms with Gasteiger partial charge in [0.1, 0.15) is 0 Å². The highest BCUT2D eigenvalue weighted by atomic mass is 32.1. The lowest BCUT2D eigenvalue weighted by Gasteiger charge is -2.12. The molecule has 2 heterocycles. The van der Waals surface area contributed by atoms with E-state index in [1.54, 1.807) is 11.1 Å². The normalized spacial score (nSPS) is 23.6. The van der Waals surface area contributed by atoms with Crippen LogP contribution in [0.2, 0.25) is 0 Å². The fourth-order valence-electron chi connectivity index (χ4n) is 1.29. The van der Waals surface area contributed by atoms with Crippen LogP contribution < -0.4 is 10.6 Å². The molecule has 1 aliphatic rings. The van der Waals surface area contributed by atoms with Gasteiger partial charge < -0.3 is 10.6 Å². The third-order valence-corrected chi connectivity index (χ3v) is 2.55. The Morgan fingerprint density at radius 1 is 1.75 bits per heavy atom. The van der Waals surface area contributed by atoms with Gasteiger partial charge in [-0.05, 0) is 18.0 Å². The number of amides is 1. The van der Waals surface area contributed by atoms with Gasteiger partial charge in [0.2, 0.25) is 5.91 Å². The first-order valence-corrected chi connectivity index (χ1v) is 4.59. The molecule has 1 aromatic rings. The number of anilines is 1. The third kappa shape index (κ3) is 1.11. The third-order valence-electron chi connectivity index (χ3n) is 1.98. The van der Waals surface area contributed by atoms with Gasteiger partial charge in [-0.3, -0.25) is 4.79 Å². The Labute approximate surface area is 74.1 Å². The number of nitrogens with zero attached hydrogens (tertiary/aromatic N) is 2. The average molecular weight is 183 g/mol. The van der Waals surface area contributed by atoms with E-state index in [9.17, 15) is 4.79 Å². The van der Waals surface area contributed by atoms with Gasteiger partial charge >= 0.3 is 0 Å². The number of hydrogen-bond acceptors (Lipinski definition) is 4. The molecule has 0 aliphatic carbocycles. The standard InChI is InChI=1S/C7H9N3OS/c8-6-1-2-10(7(6)11)5-3-9-12-4-5/h3-4,6H,1-2,8H2. The predicted molar refractivity (Wildman–Crippen MR) is 47.1 cm³/mol. The molecule has 5 heteroatoms. The van der Waals surface area contributed by atoms with E-state index < -0.39 is 0 Å². The molecular formula is C7H9N3OS. The second-order valence-corrected chi connectivity index (χ2v) is 3.43. The van der Waals surface area contributed by atoms with E-state index in [0.29, 0.717) is 0 Å². The monoisotopic (exact) mass is 183 g/mol. The smallest absolute Gasteiger partial charge is 0.244 e. The molecule has 1 aromatic heterocycles. The molecule has 0 bridgehead atoms. The molecule has 1 saturated heterocycles. The first kappa shape index (κ1) is 7.70. The molecule has 2 rings (SSSR count). The second-order valence-electron chi connectivity index (χ2n) is 2.77. The van der Waals surface area contributed by atoms with Crippen molar-refractivity contribution in [1.82, 2.24) is 4.37 Å². The van der Waals surface area contributed by atoms with Crippen molar-refractivity contribution < 1.29 is 4.79 Å². The van der Waals surface area contributed by atoms with E-state index in [1.807, 2.05) is 5.38 Å². The molecule has 64 valence electrons. The summed E-state index contributed by atoms with van der Waals surface area (Å²) in [4.78, 5) is 13.1. The van der Waals surface area contributed by atoms with Crippen molar-refractivity contribution >= 4 is 23.1 Å². The van der Waals surface area contributed by atoms with Gasteiger partial charge in [0.05, 0.1) is 17.9 Å². The maximum absolute atomic E-state index is 11.4. The molecule has 2 N–H and O–H groups in total. The summed E-state index contributed by atoms with van der Waals surface area (Å²) < 4.78 is 3.93. The van der Waals surface area contributed by atoms with Gasteiger partial charge in [-0.1, -0.05) is 0 Å². The highest BCUT2D eigenvalue weighted by molar-refractivity contribution is 7.04. The molecule has 12 heavy (non-hydrogen) atoms. The SMILES string of the molecule is NC1CCN(c2cnsc2)C1=O. The van der Waals surface area contributed by atoms with Crippen LogP contribution in [0.15, 0.2) is 11.6 Å². The van der Waals surface area contributed by atoms with Crippen LogP contribution in [0.25, 0.3) is 0 Å². The Kier molecular flexibility index (Phi) is 1.82. The first-order chi connectivity index (χ1) is 5.79. The number of aromatic nitrogens is 1. The van der Waals surface area contributed by atoms with Crippen molar-refractivity contribution in [3.05, 3.63) is 11.6 Å². The number of hydrogen-bond donors (Lipinski definition) is 1. The molecule has 0 spiro atoms. The number of rotatable bonds is 1. The molecule has 1 unspecified atom stereocenters. The minimum Gasteiger partial charge on any atom is -0.320 e. The lowest BCUT2D eigenvalue weighted by molar-refractivity contribution is -0.118. The minimum atomic E-state index is -0.315. The lowest BCUT2D eigenvalue weighted by Crippen LogP contribution is -2.33. The van der Waals surface area contributed by atoms with Crippen molar-refractivity contribution in [2.45, 2.75) is 12.5 Å². The Bertz CT molecular complexity index is 285. The van der Waals surface area contributed by atoms with Crippen LogP contribution in [0, 0.1) is 0 Å². The number of carbonyl (C=O) groups is 1. The van der Waals surface area contributed by atoms with E-state index in [0.717, 1.165) is 18.7 Å². The minimum absolute atomic E-state index is 0.00944. The first-order valence-electron chi connectivity index (χ1n) is 3.75. The Morgan fingerprint density at radius 2 is 2.58 bits per heavy atom. The van der Waals surface area contributed by atoms with Crippen molar-refractivity contribution in [2.24, 2.45) is 5.73 Å². The van der Waals surface area contributed by atoms with Crippen LogP contribution in [0.4, 0.5) is 5.69 Å². The largest absolute Gasteiger partial charge is 0.320 e. The summed E-state index contributed by atoms with van der Waals surface area (Å²) in [6.45, 7) is 0.721. The molecule has 1 atom stereocenters. The summed E-state index contributed by atoms with van der Waals surface area (Å²) in [7, 11) is 0. The zero-order valence-electron chi connectivity index (χ0n) is 6.43. The van der Waals surface area contributed by atoms with Gasteiger partial charge in [-0.2, -0.15) is 4.37 Å². The molecule has 1 fully saturated rings. The highest BCUT2D eigenvalue weighted by Crippen LogP contribution is 2.21. The maximum Gasteiger partial charge on any atom is 0.244 e. The highest BCUT2D eigenvalue weighted by Gasteiger charge is 2.29. The molecule has 4 nitrogen and oxygen atoms in total. The molecule has 0 saturated carbocycles. The molecule has 1 amide bonds. The van der Waals surface area contributed by atoms with E-state index >= 15 is 0 Å². The van der Waals surface area contributed by atoms with Crippen molar-refractivity contribution in [3.63, 3.8) is 0 Å². The topological polar surface area (TPSA) is 59.2 Å². The van der Waals surface area contributed by atoms with Gasteiger partial charge in [-0.15, -0.1) is 0 Å². The van der Waals surface area contributed by atoms with Crippen LogP contribution in [0.3, 0.4) is 0 Å². The van der Waals surface area contributed by atoms with Crippen molar-refractivity contribution in [3.8, 4) is 0 Å². The van der Waals surface area contributed by atoms with Crippen molar-refractivity contribution in [1.29, 1.82) is 0 Å². The molecule has 1 aliphatic heterocycles. The predicted octanol–water partition coefficient (Wildman–Crippen LogP) is 0.207. The van der Waals surface area contributed by atoms with Crippen LogP contribution in [0.1, 0.15) is 6.42 Å². The van der Waals surface area contributed by atoms with E-state index in [-0.39, 0.29) is 11.9 Å². The van der Waals surface area contributed by atoms with Crippen LogP contribution >= 0.6 is 11.5 Å². The fourth-order valence-corrected chi connectivity index (χ4v) is 1.82. The Morgan fingerprint density at radius 3 is 3.08 bits per heavy atom. The molecular weight excluding hydrogens is 174 g/mol. The van der Waals surface area contributed by atoms with Gasteiger partial charge in [-0.25, -0.2) is 0 Å². The van der Waals surface area contributed by atoms with Crippen LogP contribution in [0.5, 0.6) is 0 Å². The van der Waals surface area contributed by atoms with Gasteiger partial charge in [0.25, 0.3) is 0 Å². The van der Waals surface area contributed by atoms with E-state index in [1.165, 1.54) is 11.5 Å². The van der Waals surface area contributed by atoms with Gasteiger partial charge in [0.15, 0.2) is 0 Å². The summed E-state index contributed by atoms with van der Waals surface area (Å²) in [6, 6.07) is -0.315. The Hall–Kier alpha value is -0.940. The summed E-state index contributed by atoms with van der Waals surface area (Å²) >= 11 is 1.34. The summed E-state index contributed by atoms with van der Waals surface area (Å²) in [5.74, 6) is 0.00944. The molecule has 0 radical (unpaired) electrons. The lowest BCUT2D eigenvalue weighted by atomic mass is 10.3. The zero-order valence-corrected chi connectivity index (χ0v) is 7.25. The van der Waals surface area contributed by atoms with Gasteiger partial charge in [0, 0.05) is 11.9 Å². The second kappa shape index (κ2) is 2.84. The van der Waals surface area contributed by atoms with E-state index in [4.69, 9.17) is 5.73 Å². The fraction of sp³-hybridized carbons (Fsp3) is 0.429. The van der Waals surface area contributed by atoms with Crippen LogP contribution in [-0.2, 0) is 4.79 Å². The maximum atomic E-state index is 11.4. The molecule has 0 aromatic carbocycles. The quantitative estimate of drug-likeness (QED) is 0.677. The van der Waals surface area contributed by atoms with Crippen LogP contribution in [-0.4, -0.2) is 22.9 Å².